The number of anilines is 1. The fraction of sp³-hybridized carbons (Fsp3) is 0.333. The van der Waals surface area contributed by atoms with Crippen LogP contribution in [0.3, 0.4) is 0 Å². The van der Waals surface area contributed by atoms with Gasteiger partial charge in [0.2, 0.25) is 15.9 Å². The van der Waals surface area contributed by atoms with Crippen molar-refractivity contribution in [2.45, 2.75) is 11.7 Å². The highest BCUT2D eigenvalue weighted by Gasteiger charge is 2.37. The van der Waals surface area contributed by atoms with Gasteiger partial charge in [0.15, 0.2) is 0 Å². The summed E-state index contributed by atoms with van der Waals surface area (Å²) in [6.07, 6.45) is 1.59. The number of nitrogens with zero attached hydrogens (tertiary/aromatic N) is 3. The Labute approximate surface area is 116 Å². The summed E-state index contributed by atoms with van der Waals surface area (Å²) in [6.45, 7) is 0.0890. The number of aryl methyl sites for hydroxylation is 1. The molecule has 7 nitrogen and oxygen atoms in total. The molecule has 1 unspecified atom stereocenters. The van der Waals surface area contributed by atoms with E-state index in [1.807, 2.05) is 19.2 Å². The molecule has 0 saturated carbocycles. The number of benzene rings is 1. The molecule has 0 radical (unpaired) electrons. The molecule has 1 aromatic heterocycles. The van der Waals surface area contributed by atoms with Gasteiger partial charge in [-0.05, 0) is 12.1 Å². The molecule has 106 valence electrons. The van der Waals surface area contributed by atoms with E-state index in [1.165, 1.54) is 4.90 Å². The number of carbonyl (C=O) groups is 1. The Morgan fingerprint density at radius 3 is 2.80 bits per heavy atom. The number of primary sulfonamides is 1. The Bertz CT molecular complexity index is 796. The highest BCUT2D eigenvalue weighted by Crippen LogP contribution is 2.30. The molecule has 20 heavy (non-hydrogen) atoms. The third kappa shape index (κ3) is 1.97. The van der Waals surface area contributed by atoms with Crippen LogP contribution in [-0.2, 0) is 21.9 Å². The molecular formula is C12H14N4O3S. The van der Waals surface area contributed by atoms with E-state index in [1.54, 1.807) is 16.9 Å². The standard InChI is InChI=1S/C12H14N4O3S/c1-15-10-3-2-4-11(9(10)6-14-15)16-7-8(5-12(16)17)20(13,18)19/h2-4,6,8H,5,7H2,1H3,(H2,13,18,19). The van der Waals surface area contributed by atoms with Crippen LogP contribution in [0.1, 0.15) is 6.42 Å². The van der Waals surface area contributed by atoms with Crippen LogP contribution < -0.4 is 10.0 Å². The molecule has 1 aliphatic heterocycles. The lowest BCUT2D eigenvalue weighted by atomic mass is 10.2. The minimum atomic E-state index is -3.71. The fourth-order valence-electron chi connectivity index (χ4n) is 2.53. The van der Waals surface area contributed by atoms with Crippen LogP contribution >= 0.6 is 0 Å². The number of amides is 1. The number of nitrogens with two attached hydrogens (primary N) is 1. The van der Waals surface area contributed by atoms with Crippen molar-refractivity contribution in [3.05, 3.63) is 24.4 Å². The van der Waals surface area contributed by atoms with Crippen molar-refractivity contribution in [1.82, 2.24) is 9.78 Å². The van der Waals surface area contributed by atoms with E-state index >= 15 is 0 Å². The third-order valence-electron chi connectivity index (χ3n) is 3.61. The van der Waals surface area contributed by atoms with Crippen molar-refractivity contribution in [1.29, 1.82) is 0 Å². The Morgan fingerprint density at radius 1 is 1.40 bits per heavy atom. The zero-order chi connectivity index (χ0) is 14.5. The van der Waals surface area contributed by atoms with E-state index in [0.717, 1.165) is 10.9 Å². The first-order valence-electron chi connectivity index (χ1n) is 6.10. The second-order valence-electron chi connectivity index (χ2n) is 4.90. The highest BCUT2D eigenvalue weighted by atomic mass is 32.2. The minimum Gasteiger partial charge on any atom is -0.310 e. The van der Waals surface area contributed by atoms with Crippen molar-refractivity contribution < 1.29 is 13.2 Å². The lowest BCUT2D eigenvalue weighted by Crippen LogP contribution is -2.32. The number of hydrogen-bond acceptors (Lipinski definition) is 4. The molecule has 2 N–H and O–H groups in total. The van der Waals surface area contributed by atoms with Crippen LogP contribution in [0.5, 0.6) is 0 Å². The normalized spacial score (nSPS) is 20.0. The molecule has 1 saturated heterocycles. The number of rotatable bonds is 2. The summed E-state index contributed by atoms with van der Waals surface area (Å²) in [5.41, 5.74) is 1.56. The van der Waals surface area contributed by atoms with Crippen molar-refractivity contribution >= 4 is 32.5 Å². The van der Waals surface area contributed by atoms with Crippen LogP contribution in [-0.4, -0.2) is 35.9 Å². The van der Waals surface area contributed by atoms with Crippen LogP contribution in [0.4, 0.5) is 5.69 Å². The lowest BCUT2D eigenvalue weighted by Gasteiger charge is -2.17. The van der Waals surface area contributed by atoms with E-state index in [-0.39, 0.29) is 18.9 Å². The molecule has 2 aromatic rings. The molecule has 3 rings (SSSR count). The lowest BCUT2D eigenvalue weighted by molar-refractivity contribution is -0.117. The first-order chi connectivity index (χ1) is 9.38. The molecule has 1 fully saturated rings. The Kier molecular flexibility index (Phi) is 2.80. The van der Waals surface area contributed by atoms with E-state index in [9.17, 15) is 13.2 Å². The fourth-order valence-corrected chi connectivity index (χ4v) is 3.26. The first kappa shape index (κ1) is 13.1. The number of sulfonamides is 1. The Morgan fingerprint density at radius 2 is 2.15 bits per heavy atom. The summed E-state index contributed by atoms with van der Waals surface area (Å²) in [5.74, 6) is -0.236. The Balaban J connectivity index is 2.06. The smallest absolute Gasteiger partial charge is 0.228 e. The number of fused-ring (bicyclic) bond motifs is 1. The van der Waals surface area contributed by atoms with Gasteiger partial charge in [0.05, 0.1) is 17.4 Å². The molecule has 1 aliphatic rings. The second kappa shape index (κ2) is 4.29. The predicted molar refractivity (Wildman–Crippen MR) is 74.6 cm³/mol. The SMILES string of the molecule is Cn1ncc2c(N3CC(S(N)(=O)=O)CC3=O)cccc21. The number of carbonyl (C=O) groups excluding carboxylic acids is 1. The van der Waals surface area contributed by atoms with Crippen molar-refractivity contribution in [3.63, 3.8) is 0 Å². The van der Waals surface area contributed by atoms with E-state index < -0.39 is 15.3 Å². The van der Waals surface area contributed by atoms with Gasteiger partial charge in [0.1, 0.15) is 5.25 Å². The van der Waals surface area contributed by atoms with Crippen molar-refractivity contribution in [3.8, 4) is 0 Å². The van der Waals surface area contributed by atoms with Gasteiger partial charge in [-0.2, -0.15) is 5.10 Å². The van der Waals surface area contributed by atoms with Gasteiger partial charge in [-0.3, -0.25) is 9.48 Å². The average Bonchev–Trinajstić information content (AvgIpc) is 2.93. The molecule has 0 spiro atoms. The number of hydrogen-bond donors (Lipinski definition) is 1. The molecule has 1 aromatic carbocycles. The molecule has 0 aliphatic carbocycles. The maximum absolute atomic E-state index is 12.1. The first-order valence-corrected chi connectivity index (χ1v) is 7.71. The van der Waals surface area contributed by atoms with E-state index in [0.29, 0.717) is 5.69 Å². The molecule has 0 bridgehead atoms. The van der Waals surface area contributed by atoms with E-state index in [4.69, 9.17) is 5.14 Å². The molecule has 1 atom stereocenters. The van der Waals surface area contributed by atoms with Gasteiger partial charge in [0.25, 0.3) is 0 Å². The summed E-state index contributed by atoms with van der Waals surface area (Å²) >= 11 is 0. The zero-order valence-electron chi connectivity index (χ0n) is 10.9. The zero-order valence-corrected chi connectivity index (χ0v) is 11.7. The highest BCUT2D eigenvalue weighted by molar-refractivity contribution is 7.89. The van der Waals surface area contributed by atoms with Gasteiger partial charge in [0, 0.05) is 25.4 Å². The van der Waals surface area contributed by atoms with Gasteiger partial charge >= 0.3 is 0 Å². The third-order valence-corrected chi connectivity index (χ3v) is 4.86. The average molecular weight is 294 g/mol. The van der Waals surface area contributed by atoms with Crippen molar-refractivity contribution in [2.24, 2.45) is 12.2 Å². The van der Waals surface area contributed by atoms with Gasteiger partial charge in [-0.15, -0.1) is 0 Å². The summed E-state index contributed by atoms with van der Waals surface area (Å²) in [7, 11) is -1.90. The quantitative estimate of drug-likeness (QED) is 0.840. The summed E-state index contributed by atoms with van der Waals surface area (Å²) < 4.78 is 24.5. The maximum Gasteiger partial charge on any atom is 0.228 e. The van der Waals surface area contributed by atoms with Gasteiger partial charge in [-0.1, -0.05) is 6.07 Å². The van der Waals surface area contributed by atoms with Gasteiger partial charge in [-0.25, -0.2) is 13.6 Å². The van der Waals surface area contributed by atoms with E-state index in [2.05, 4.69) is 5.10 Å². The maximum atomic E-state index is 12.1. The topological polar surface area (TPSA) is 98.3 Å². The van der Waals surface area contributed by atoms with Gasteiger partial charge < -0.3 is 4.90 Å². The van der Waals surface area contributed by atoms with Crippen LogP contribution in [0.25, 0.3) is 10.9 Å². The summed E-state index contributed by atoms with van der Waals surface area (Å²) in [6, 6.07) is 5.49. The largest absolute Gasteiger partial charge is 0.310 e. The molecular weight excluding hydrogens is 280 g/mol. The van der Waals surface area contributed by atoms with Crippen LogP contribution in [0.15, 0.2) is 24.4 Å². The molecule has 2 heterocycles. The molecule has 8 heteroatoms. The monoisotopic (exact) mass is 294 g/mol. The van der Waals surface area contributed by atoms with Crippen LogP contribution in [0, 0.1) is 0 Å². The summed E-state index contributed by atoms with van der Waals surface area (Å²) in [5, 5.41) is 9.27. The predicted octanol–water partition coefficient (Wildman–Crippen LogP) is -0.0329. The number of aromatic nitrogens is 2. The Hall–Kier alpha value is -1.93. The van der Waals surface area contributed by atoms with Crippen molar-refractivity contribution in [2.75, 3.05) is 11.4 Å². The second-order valence-corrected chi connectivity index (χ2v) is 6.74. The van der Waals surface area contributed by atoms with Crippen LogP contribution in [0.2, 0.25) is 0 Å². The summed E-state index contributed by atoms with van der Waals surface area (Å²) in [4.78, 5) is 13.5. The minimum absolute atomic E-state index is 0.0739. The molecule has 1 amide bonds.